The Bertz CT molecular complexity index is 371. The molecule has 5 heteroatoms. The second-order valence-corrected chi connectivity index (χ2v) is 2.22. The number of aromatic amines is 1. The molecule has 0 atom stereocenters. The van der Waals surface area contributed by atoms with Crippen molar-refractivity contribution in [2.45, 2.75) is 6.92 Å². The molecule has 1 heterocycles. The zero-order chi connectivity index (χ0) is 9.14. The molecule has 1 N–H and O–H groups in total. The summed E-state index contributed by atoms with van der Waals surface area (Å²) < 4.78 is 1.31. The molecule has 0 fully saturated rings. The molecule has 0 aliphatic carbocycles. The number of H-pyrrole nitrogens is 1. The normalized spacial score (nSPS) is 10.8. The Morgan fingerprint density at radius 2 is 2.33 bits per heavy atom. The van der Waals surface area contributed by atoms with Crippen LogP contribution >= 0.6 is 0 Å². The first-order valence-corrected chi connectivity index (χ1v) is 3.45. The molecule has 0 unspecified atom stereocenters. The van der Waals surface area contributed by atoms with Gasteiger partial charge in [0.05, 0.1) is 0 Å². The van der Waals surface area contributed by atoms with Crippen LogP contribution in [0.3, 0.4) is 0 Å². The lowest BCUT2D eigenvalue weighted by molar-refractivity contribution is 0.741. The van der Waals surface area contributed by atoms with E-state index in [1.54, 1.807) is 20.2 Å². The molecule has 0 aliphatic rings. The quantitative estimate of drug-likeness (QED) is 0.648. The smallest absolute Gasteiger partial charge is 0.277 e. The van der Waals surface area contributed by atoms with E-state index >= 15 is 0 Å². The zero-order valence-corrected chi connectivity index (χ0v) is 7.03. The van der Waals surface area contributed by atoms with Gasteiger partial charge in [-0.2, -0.15) is 0 Å². The maximum atomic E-state index is 11.3. The van der Waals surface area contributed by atoms with Crippen LogP contribution in [0.25, 0.3) is 0 Å². The van der Waals surface area contributed by atoms with E-state index in [-0.39, 0.29) is 5.56 Å². The summed E-state index contributed by atoms with van der Waals surface area (Å²) in [6.45, 7) is 5.06. The summed E-state index contributed by atoms with van der Waals surface area (Å²) in [5.74, 6) is 0.403. The van der Waals surface area contributed by atoms with Crippen molar-refractivity contribution in [3.63, 3.8) is 0 Å². The van der Waals surface area contributed by atoms with Crippen molar-refractivity contribution in [3.8, 4) is 0 Å². The Labute approximate surface area is 69.5 Å². The zero-order valence-electron chi connectivity index (χ0n) is 7.03. The van der Waals surface area contributed by atoms with E-state index in [2.05, 4.69) is 21.8 Å². The van der Waals surface area contributed by atoms with E-state index in [0.717, 1.165) is 0 Å². The summed E-state index contributed by atoms with van der Waals surface area (Å²) in [5, 5.41) is 2.71. The summed E-state index contributed by atoms with van der Waals surface area (Å²) in [4.78, 5) is 18.8. The highest BCUT2D eigenvalue weighted by molar-refractivity contribution is 5.67. The molecule has 1 aromatic rings. The number of aliphatic imine (C=N–C) groups is 2. The second kappa shape index (κ2) is 3.17. The van der Waals surface area contributed by atoms with E-state index in [1.165, 1.54) is 4.68 Å². The van der Waals surface area contributed by atoms with Crippen LogP contribution in [0, 0.1) is 0 Å². The first-order valence-electron chi connectivity index (χ1n) is 3.45. The van der Waals surface area contributed by atoms with Crippen LogP contribution < -0.4 is 5.56 Å². The molecule has 0 aliphatic heterocycles. The summed E-state index contributed by atoms with van der Waals surface area (Å²) >= 11 is 0. The molecular weight excluding hydrogens is 156 g/mol. The predicted molar refractivity (Wildman–Crippen MR) is 49.1 cm³/mol. The molecule has 64 valence electrons. The first kappa shape index (κ1) is 8.45. The number of aromatic nitrogens is 2. The highest BCUT2D eigenvalue weighted by Crippen LogP contribution is 2.19. The number of nitrogens with one attached hydrogen (secondary N) is 1. The maximum absolute atomic E-state index is 11.3. The van der Waals surface area contributed by atoms with Crippen LogP contribution in [0.2, 0.25) is 0 Å². The Morgan fingerprint density at radius 1 is 1.67 bits per heavy atom. The number of rotatable bonds is 2. The third-order valence-corrected chi connectivity index (χ3v) is 1.42. The molecular formula is C7H10N4O. The van der Waals surface area contributed by atoms with Crippen LogP contribution in [0.15, 0.2) is 14.8 Å². The van der Waals surface area contributed by atoms with Gasteiger partial charge in [0, 0.05) is 13.3 Å². The third kappa shape index (κ3) is 1.20. The Balaban J connectivity index is 3.41. The third-order valence-electron chi connectivity index (χ3n) is 1.42. The Kier molecular flexibility index (Phi) is 2.23. The van der Waals surface area contributed by atoms with Gasteiger partial charge in [0.25, 0.3) is 5.56 Å². The lowest BCUT2D eigenvalue weighted by Gasteiger charge is -1.84. The van der Waals surface area contributed by atoms with Crippen molar-refractivity contribution in [1.82, 2.24) is 9.78 Å². The minimum atomic E-state index is -0.199. The van der Waals surface area contributed by atoms with E-state index in [9.17, 15) is 4.79 Å². The number of hydrogen-bond acceptors (Lipinski definition) is 3. The number of nitrogens with zero attached hydrogens (tertiary/aromatic N) is 3. The molecule has 0 aromatic carbocycles. The highest BCUT2D eigenvalue weighted by atomic mass is 16.1. The van der Waals surface area contributed by atoms with E-state index in [1.807, 2.05) is 0 Å². The average Bonchev–Trinajstić information content (AvgIpc) is 2.33. The second-order valence-electron chi connectivity index (χ2n) is 2.22. The van der Waals surface area contributed by atoms with Gasteiger partial charge in [0.15, 0.2) is 11.5 Å². The molecule has 0 radical (unpaired) electrons. The minimum Gasteiger partial charge on any atom is -0.277 e. The van der Waals surface area contributed by atoms with Crippen LogP contribution in [0.5, 0.6) is 0 Å². The topological polar surface area (TPSA) is 62.5 Å². The Hall–Kier alpha value is -1.65. The molecule has 0 amide bonds. The standard InChI is InChI=1S/C7H10N4O/c1-4-9-5-6(8-2)10-11(3)7(5)12/h4,10H,2H2,1,3H3. The van der Waals surface area contributed by atoms with Crippen molar-refractivity contribution in [3.05, 3.63) is 10.4 Å². The summed E-state index contributed by atoms with van der Waals surface area (Å²) in [5.41, 5.74) is 0.102. The van der Waals surface area contributed by atoms with Crippen molar-refractivity contribution in [2.75, 3.05) is 0 Å². The van der Waals surface area contributed by atoms with Gasteiger partial charge in [-0.25, -0.2) is 4.99 Å². The summed E-state index contributed by atoms with van der Waals surface area (Å²) in [6.07, 6.45) is 1.54. The lowest BCUT2D eigenvalue weighted by atomic mass is 10.5. The molecule has 0 spiro atoms. The van der Waals surface area contributed by atoms with Crippen LogP contribution in [-0.4, -0.2) is 22.7 Å². The van der Waals surface area contributed by atoms with Gasteiger partial charge >= 0.3 is 0 Å². The van der Waals surface area contributed by atoms with Crippen LogP contribution in [-0.2, 0) is 7.05 Å². The van der Waals surface area contributed by atoms with Gasteiger partial charge in [-0.1, -0.05) is 0 Å². The minimum absolute atomic E-state index is 0.199. The lowest BCUT2D eigenvalue weighted by Crippen LogP contribution is -2.10. The molecule has 1 aromatic heterocycles. The van der Waals surface area contributed by atoms with Crippen molar-refractivity contribution in [1.29, 1.82) is 0 Å². The van der Waals surface area contributed by atoms with Gasteiger partial charge in [-0.05, 0) is 13.6 Å². The van der Waals surface area contributed by atoms with Crippen LogP contribution in [0.1, 0.15) is 6.92 Å². The van der Waals surface area contributed by atoms with Crippen molar-refractivity contribution in [2.24, 2.45) is 17.0 Å². The predicted octanol–water partition coefficient (Wildman–Crippen LogP) is 0.768. The van der Waals surface area contributed by atoms with Gasteiger partial charge in [-0.15, -0.1) is 0 Å². The monoisotopic (exact) mass is 166 g/mol. The van der Waals surface area contributed by atoms with Gasteiger partial charge in [0.1, 0.15) is 0 Å². The van der Waals surface area contributed by atoms with Gasteiger partial charge in [0.2, 0.25) is 0 Å². The average molecular weight is 166 g/mol. The van der Waals surface area contributed by atoms with Gasteiger partial charge in [-0.3, -0.25) is 19.6 Å². The SMILES string of the molecule is C=Nc1[nH]n(C)c(=O)c1N=CC. The van der Waals surface area contributed by atoms with Crippen molar-refractivity contribution < 1.29 is 0 Å². The molecule has 0 saturated heterocycles. The van der Waals surface area contributed by atoms with Crippen molar-refractivity contribution >= 4 is 24.4 Å². The van der Waals surface area contributed by atoms with E-state index in [0.29, 0.717) is 11.5 Å². The molecule has 0 bridgehead atoms. The molecule has 12 heavy (non-hydrogen) atoms. The Morgan fingerprint density at radius 3 is 2.83 bits per heavy atom. The summed E-state index contributed by atoms with van der Waals surface area (Å²) in [7, 11) is 1.60. The largest absolute Gasteiger partial charge is 0.294 e. The number of aryl methyl sites for hydroxylation is 1. The van der Waals surface area contributed by atoms with Crippen LogP contribution in [0.4, 0.5) is 11.5 Å². The van der Waals surface area contributed by atoms with E-state index < -0.39 is 0 Å². The fourth-order valence-corrected chi connectivity index (χ4v) is 0.878. The first-order chi connectivity index (χ1) is 5.70. The fourth-order valence-electron chi connectivity index (χ4n) is 0.878. The molecule has 5 nitrogen and oxygen atoms in total. The maximum Gasteiger partial charge on any atom is 0.294 e. The number of hydrogen-bond donors (Lipinski definition) is 1. The molecule has 0 saturated carbocycles. The highest BCUT2D eigenvalue weighted by Gasteiger charge is 2.08. The fraction of sp³-hybridized carbons (Fsp3) is 0.286. The van der Waals surface area contributed by atoms with Gasteiger partial charge < -0.3 is 0 Å². The summed E-state index contributed by atoms with van der Waals surface area (Å²) in [6, 6.07) is 0. The van der Waals surface area contributed by atoms with E-state index in [4.69, 9.17) is 0 Å². The molecule has 1 rings (SSSR count).